The van der Waals surface area contributed by atoms with Crippen LogP contribution >= 0.6 is 0 Å². The van der Waals surface area contributed by atoms with Gasteiger partial charge in [-0.15, -0.1) is 0 Å². The van der Waals surface area contributed by atoms with Crippen LogP contribution in [0.2, 0.25) is 0 Å². The van der Waals surface area contributed by atoms with Crippen LogP contribution in [0.15, 0.2) is 18.2 Å². The highest BCUT2D eigenvalue weighted by Crippen LogP contribution is 2.26. The molecule has 1 N–H and O–H groups in total. The summed E-state index contributed by atoms with van der Waals surface area (Å²) in [6, 6.07) is 4.83. The molecule has 1 saturated heterocycles. The van der Waals surface area contributed by atoms with E-state index < -0.39 is 0 Å². The molecular formula is C14H21N3O3. The zero-order valence-electron chi connectivity index (χ0n) is 12.0. The van der Waals surface area contributed by atoms with Crippen molar-refractivity contribution < 1.29 is 9.66 Å². The molecule has 2 rings (SSSR count). The summed E-state index contributed by atoms with van der Waals surface area (Å²) in [7, 11) is 0. The SMILES string of the molecule is CC(C)Oc1ccc([N+](=O)[O-])cc1CN1CCNCC1. The zero-order valence-corrected chi connectivity index (χ0v) is 12.0. The highest BCUT2D eigenvalue weighted by Gasteiger charge is 2.17. The lowest BCUT2D eigenvalue weighted by Crippen LogP contribution is -2.42. The van der Waals surface area contributed by atoms with Gasteiger partial charge in [0.1, 0.15) is 5.75 Å². The molecule has 6 nitrogen and oxygen atoms in total. The summed E-state index contributed by atoms with van der Waals surface area (Å²) in [5, 5.41) is 14.2. The van der Waals surface area contributed by atoms with Crippen molar-refractivity contribution in [2.45, 2.75) is 26.5 Å². The van der Waals surface area contributed by atoms with E-state index in [1.807, 2.05) is 13.8 Å². The average Bonchev–Trinajstić information content (AvgIpc) is 2.41. The summed E-state index contributed by atoms with van der Waals surface area (Å²) in [4.78, 5) is 12.8. The Kier molecular flexibility index (Phi) is 4.92. The average molecular weight is 279 g/mol. The van der Waals surface area contributed by atoms with E-state index in [4.69, 9.17) is 4.74 Å². The van der Waals surface area contributed by atoms with Crippen molar-refractivity contribution in [2.75, 3.05) is 26.2 Å². The van der Waals surface area contributed by atoms with Crippen LogP contribution in [-0.2, 0) is 6.54 Å². The molecule has 1 aliphatic heterocycles. The topological polar surface area (TPSA) is 67.6 Å². The van der Waals surface area contributed by atoms with Crippen LogP contribution < -0.4 is 10.1 Å². The fourth-order valence-electron chi connectivity index (χ4n) is 2.28. The van der Waals surface area contributed by atoms with Crippen LogP contribution in [0.3, 0.4) is 0 Å². The van der Waals surface area contributed by atoms with Gasteiger partial charge in [0.2, 0.25) is 0 Å². The van der Waals surface area contributed by atoms with Crippen molar-refractivity contribution in [1.82, 2.24) is 10.2 Å². The number of hydrogen-bond acceptors (Lipinski definition) is 5. The highest BCUT2D eigenvalue weighted by molar-refractivity contribution is 5.44. The van der Waals surface area contributed by atoms with Gasteiger partial charge in [0.15, 0.2) is 0 Å². The number of rotatable bonds is 5. The van der Waals surface area contributed by atoms with Gasteiger partial charge in [-0.25, -0.2) is 0 Å². The third-order valence-electron chi connectivity index (χ3n) is 3.22. The maximum absolute atomic E-state index is 10.9. The van der Waals surface area contributed by atoms with Gasteiger partial charge in [-0.05, 0) is 19.9 Å². The first-order valence-electron chi connectivity index (χ1n) is 6.93. The van der Waals surface area contributed by atoms with Crippen molar-refractivity contribution in [3.63, 3.8) is 0 Å². The van der Waals surface area contributed by atoms with Crippen LogP contribution in [-0.4, -0.2) is 42.1 Å². The van der Waals surface area contributed by atoms with E-state index in [-0.39, 0.29) is 16.7 Å². The molecule has 20 heavy (non-hydrogen) atoms. The van der Waals surface area contributed by atoms with Gasteiger partial charge in [0.25, 0.3) is 5.69 Å². The molecule has 6 heteroatoms. The lowest BCUT2D eigenvalue weighted by atomic mass is 10.1. The van der Waals surface area contributed by atoms with Gasteiger partial charge in [-0.1, -0.05) is 0 Å². The molecule has 0 radical (unpaired) electrons. The van der Waals surface area contributed by atoms with Crippen LogP contribution in [0.5, 0.6) is 5.75 Å². The Balaban J connectivity index is 2.20. The van der Waals surface area contributed by atoms with Crippen LogP contribution in [0, 0.1) is 10.1 Å². The predicted molar refractivity (Wildman–Crippen MR) is 77.0 cm³/mol. The first-order chi connectivity index (χ1) is 9.56. The minimum atomic E-state index is -0.361. The van der Waals surface area contributed by atoms with E-state index in [1.54, 1.807) is 12.1 Å². The molecule has 1 heterocycles. The molecule has 110 valence electrons. The number of benzene rings is 1. The van der Waals surface area contributed by atoms with E-state index in [2.05, 4.69) is 10.2 Å². The molecule has 0 atom stereocenters. The normalized spacial score (nSPS) is 16.4. The van der Waals surface area contributed by atoms with E-state index >= 15 is 0 Å². The molecule has 1 fully saturated rings. The Morgan fingerprint density at radius 3 is 2.70 bits per heavy atom. The number of non-ortho nitro benzene ring substituents is 1. The second-order valence-electron chi connectivity index (χ2n) is 5.24. The maximum Gasteiger partial charge on any atom is 0.270 e. The lowest BCUT2D eigenvalue weighted by molar-refractivity contribution is -0.385. The molecule has 0 aliphatic carbocycles. The summed E-state index contributed by atoms with van der Waals surface area (Å²) >= 11 is 0. The number of nitrogens with zero attached hydrogens (tertiary/aromatic N) is 2. The molecule has 0 aromatic heterocycles. The van der Waals surface area contributed by atoms with Crippen molar-refractivity contribution in [2.24, 2.45) is 0 Å². The second kappa shape index (κ2) is 6.67. The van der Waals surface area contributed by atoms with E-state index in [0.29, 0.717) is 6.54 Å². The fraction of sp³-hybridized carbons (Fsp3) is 0.571. The first-order valence-corrected chi connectivity index (χ1v) is 6.93. The number of nitro benzene ring substituents is 1. The Hall–Kier alpha value is -1.66. The summed E-state index contributed by atoms with van der Waals surface area (Å²) in [6.45, 7) is 8.40. The quantitative estimate of drug-likeness (QED) is 0.657. The second-order valence-corrected chi connectivity index (χ2v) is 5.24. The first kappa shape index (κ1) is 14.7. The predicted octanol–water partition coefficient (Wildman–Crippen LogP) is 1.79. The minimum absolute atomic E-state index is 0.0539. The van der Waals surface area contributed by atoms with E-state index in [1.165, 1.54) is 6.07 Å². The molecule has 1 aromatic carbocycles. The summed E-state index contributed by atoms with van der Waals surface area (Å²) in [6.07, 6.45) is 0.0539. The Morgan fingerprint density at radius 1 is 1.40 bits per heavy atom. The van der Waals surface area contributed by atoms with Gasteiger partial charge < -0.3 is 10.1 Å². The molecular weight excluding hydrogens is 258 g/mol. The lowest BCUT2D eigenvalue weighted by Gasteiger charge is -2.28. The van der Waals surface area contributed by atoms with Gasteiger partial charge in [0, 0.05) is 50.4 Å². The third-order valence-corrected chi connectivity index (χ3v) is 3.22. The summed E-state index contributed by atoms with van der Waals surface area (Å²) in [5.74, 6) is 0.740. The Labute approximate surface area is 118 Å². The van der Waals surface area contributed by atoms with Crippen LogP contribution in [0.25, 0.3) is 0 Å². The monoisotopic (exact) mass is 279 g/mol. The molecule has 0 amide bonds. The Morgan fingerprint density at radius 2 is 2.10 bits per heavy atom. The van der Waals surface area contributed by atoms with Gasteiger partial charge in [-0.3, -0.25) is 15.0 Å². The number of hydrogen-bond donors (Lipinski definition) is 1. The van der Waals surface area contributed by atoms with Gasteiger partial charge in [-0.2, -0.15) is 0 Å². The molecule has 1 aromatic rings. The van der Waals surface area contributed by atoms with Crippen molar-refractivity contribution in [3.05, 3.63) is 33.9 Å². The number of piperazine rings is 1. The molecule has 0 unspecified atom stereocenters. The minimum Gasteiger partial charge on any atom is -0.491 e. The highest BCUT2D eigenvalue weighted by atomic mass is 16.6. The molecule has 0 spiro atoms. The van der Waals surface area contributed by atoms with Gasteiger partial charge >= 0.3 is 0 Å². The molecule has 0 bridgehead atoms. The van der Waals surface area contributed by atoms with Crippen molar-refractivity contribution >= 4 is 5.69 Å². The van der Waals surface area contributed by atoms with Crippen molar-refractivity contribution in [3.8, 4) is 5.75 Å². The van der Waals surface area contributed by atoms with E-state index in [9.17, 15) is 10.1 Å². The molecule has 1 aliphatic rings. The zero-order chi connectivity index (χ0) is 14.5. The van der Waals surface area contributed by atoms with Crippen LogP contribution in [0.1, 0.15) is 19.4 Å². The summed E-state index contributed by atoms with van der Waals surface area (Å²) < 4.78 is 5.76. The van der Waals surface area contributed by atoms with Crippen LogP contribution in [0.4, 0.5) is 5.69 Å². The van der Waals surface area contributed by atoms with Gasteiger partial charge in [0.05, 0.1) is 11.0 Å². The summed E-state index contributed by atoms with van der Waals surface area (Å²) in [5.41, 5.74) is 1.00. The number of nitrogens with one attached hydrogen (secondary N) is 1. The number of nitro groups is 1. The smallest absolute Gasteiger partial charge is 0.270 e. The fourth-order valence-corrected chi connectivity index (χ4v) is 2.28. The maximum atomic E-state index is 10.9. The third kappa shape index (κ3) is 3.91. The van der Waals surface area contributed by atoms with Crippen molar-refractivity contribution in [1.29, 1.82) is 0 Å². The Bertz CT molecular complexity index is 471. The largest absolute Gasteiger partial charge is 0.491 e. The molecule has 0 saturated carbocycles. The number of ether oxygens (including phenoxy) is 1. The standard InChI is InChI=1S/C14H21N3O3/c1-11(2)20-14-4-3-13(17(18)19)9-12(14)10-16-7-5-15-6-8-16/h3-4,9,11,15H,5-8,10H2,1-2H3. The van der Waals surface area contributed by atoms with E-state index in [0.717, 1.165) is 37.5 Å².